The molecule has 0 bridgehead atoms. The fraction of sp³-hybridized carbons (Fsp3) is 0.174. The Balaban J connectivity index is 1.78. The lowest BCUT2D eigenvalue weighted by Crippen LogP contribution is -2.17. The van der Waals surface area contributed by atoms with E-state index in [1.165, 1.54) is 0 Å². The number of hydrogen-bond donors (Lipinski definition) is 1. The van der Waals surface area contributed by atoms with Crippen molar-refractivity contribution in [3.63, 3.8) is 0 Å². The average Bonchev–Trinajstić information content (AvgIpc) is 2.67. The first-order valence-corrected chi connectivity index (χ1v) is 8.89. The van der Waals surface area contributed by atoms with E-state index in [0.29, 0.717) is 5.56 Å². The van der Waals surface area contributed by atoms with Crippen LogP contribution in [0.5, 0.6) is 0 Å². The van der Waals surface area contributed by atoms with Crippen LogP contribution in [0.2, 0.25) is 0 Å². The van der Waals surface area contributed by atoms with Crippen molar-refractivity contribution in [3.8, 4) is 0 Å². The minimum absolute atomic E-state index is 0.0898. The molecule has 3 aromatic rings. The number of para-hydroxylation sites is 1. The van der Waals surface area contributed by atoms with Gasteiger partial charge in [-0.05, 0) is 74.4 Å². The molecule has 0 unspecified atom stereocenters. The number of rotatable bonds is 5. The van der Waals surface area contributed by atoms with Crippen LogP contribution >= 0.6 is 0 Å². The first kappa shape index (κ1) is 17.7. The molecule has 1 amide bonds. The molecule has 0 saturated heterocycles. The molecule has 0 aliphatic carbocycles. The summed E-state index contributed by atoms with van der Waals surface area (Å²) in [6.45, 7) is 7.00. The molecule has 0 aromatic heterocycles. The minimum atomic E-state index is -0.0898. The number of nitrogens with zero attached hydrogens (tertiary/aromatic N) is 1. The van der Waals surface area contributed by atoms with Crippen LogP contribution in [0.3, 0.4) is 0 Å². The number of hydrogen-bond acceptors (Lipinski definition) is 2. The van der Waals surface area contributed by atoms with Crippen molar-refractivity contribution in [1.29, 1.82) is 0 Å². The second-order valence-corrected chi connectivity index (χ2v) is 6.40. The van der Waals surface area contributed by atoms with Crippen molar-refractivity contribution in [1.82, 2.24) is 0 Å². The second-order valence-electron chi connectivity index (χ2n) is 6.40. The standard InChI is InChI=1S/C23H24N2O/c1-4-25(20-8-6-5-7-9-20)21-14-12-19(13-15-21)23(26)24-22-16-17(2)10-11-18(22)3/h5-16H,4H2,1-3H3,(H,24,26). The maximum Gasteiger partial charge on any atom is 0.255 e. The number of amides is 1. The van der Waals surface area contributed by atoms with Crippen LogP contribution < -0.4 is 10.2 Å². The van der Waals surface area contributed by atoms with Crippen molar-refractivity contribution in [2.75, 3.05) is 16.8 Å². The summed E-state index contributed by atoms with van der Waals surface area (Å²) in [6.07, 6.45) is 0. The van der Waals surface area contributed by atoms with E-state index in [1.807, 2.05) is 74.5 Å². The van der Waals surface area contributed by atoms with Gasteiger partial charge in [0.2, 0.25) is 0 Å². The fourth-order valence-electron chi connectivity index (χ4n) is 2.98. The molecule has 0 heterocycles. The van der Waals surface area contributed by atoms with Crippen LogP contribution in [0.25, 0.3) is 0 Å². The molecule has 0 saturated carbocycles. The Morgan fingerprint density at radius 3 is 2.19 bits per heavy atom. The van der Waals surface area contributed by atoms with E-state index in [-0.39, 0.29) is 5.91 Å². The van der Waals surface area contributed by atoms with E-state index in [0.717, 1.165) is 34.7 Å². The number of anilines is 3. The van der Waals surface area contributed by atoms with Crippen LogP contribution in [-0.4, -0.2) is 12.5 Å². The van der Waals surface area contributed by atoms with Gasteiger partial charge in [0, 0.05) is 29.2 Å². The average molecular weight is 344 g/mol. The highest BCUT2D eigenvalue weighted by molar-refractivity contribution is 6.04. The normalized spacial score (nSPS) is 10.4. The molecule has 0 aliphatic heterocycles. The van der Waals surface area contributed by atoms with Gasteiger partial charge in [0.1, 0.15) is 0 Å². The summed E-state index contributed by atoms with van der Waals surface area (Å²) < 4.78 is 0. The van der Waals surface area contributed by atoms with E-state index in [9.17, 15) is 4.79 Å². The maximum absolute atomic E-state index is 12.6. The van der Waals surface area contributed by atoms with Gasteiger partial charge in [-0.25, -0.2) is 0 Å². The van der Waals surface area contributed by atoms with Crippen molar-refractivity contribution in [2.24, 2.45) is 0 Å². The third-order valence-electron chi connectivity index (χ3n) is 4.47. The molecule has 1 N–H and O–H groups in total. The third kappa shape index (κ3) is 3.94. The van der Waals surface area contributed by atoms with Crippen molar-refractivity contribution < 1.29 is 4.79 Å². The molecule has 3 rings (SSSR count). The van der Waals surface area contributed by atoms with Gasteiger partial charge < -0.3 is 10.2 Å². The Morgan fingerprint density at radius 2 is 1.54 bits per heavy atom. The summed E-state index contributed by atoms with van der Waals surface area (Å²) in [5, 5.41) is 3.01. The van der Waals surface area contributed by atoms with Crippen LogP contribution in [0, 0.1) is 13.8 Å². The number of aryl methyl sites for hydroxylation is 2. The molecule has 3 heteroatoms. The zero-order valence-electron chi connectivity index (χ0n) is 15.5. The van der Waals surface area contributed by atoms with E-state index in [1.54, 1.807) is 0 Å². The third-order valence-corrected chi connectivity index (χ3v) is 4.47. The Morgan fingerprint density at radius 1 is 0.885 bits per heavy atom. The van der Waals surface area contributed by atoms with Crippen molar-refractivity contribution in [2.45, 2.75) is 20.8 Å². The lowest BCUT2D eigenvalue weighted by atomic mass is 10.1. The number of carbonyl (C=O) groups excluding carboxylic acids is 1. The van der Waals surface area contributed by atoms with Gasteiger partial charge in [-0.3, -0.25) is 4.79 Å². The van der Waals surface area contributed by atoms with E-state index in [2.05, 4.69) is 29.3 Å². The van der Waals surface area contributed by atoms with Crippen molar-refractivity contribution >= 4 is 23.0 Å². The largest absolute Gasteiger partial charge is 0.342 e. The lowest BCUT2D eigenvalue weighted by molar-refractivity contribution is 0.102. The van der Waals surface area contributed by atoms with Crippen LogP contribution in [0.1, 0.15) is 28.4 Å². The molecule has 132 valence electrons. The second kappa shape index (κ2) is 7.87. The molecule has 26 heavy (non-hydrogen) atoms. The van der Waals surface area contributed by atoms with Crippen molar-refractivity contribution in [3.05, 3.63) is 89.5 Å². The number of carbonyl (C=O) groups is 1. The Hall–Kier alpha value is -3.07. The summed E-state index contributed by atoms with van der Waals surface area (Å²) >= 11 is 0. The number of nitrogens with one attached hydrogen (secondary N) is 1. The molecular weight excluding hydrogens is 320 g/mol. The highest BCUT2D eigenvalue weighted by Gasteiger charge is 2.11. The van der Waals surface area contributed by atoms with Gasteiger partial charge in [-0.1, -0.05) is 30.3 Å². The minimum Gasteiger partial charge on any atom is -0.342 e. The summed E-state index contributed by atoms with van der Waals surface area (Å²) in [7, 11) is 0. The summed E-state index contributed by atoms with van der Waals surface area (Å²) in [5.41, 5.74) is 5.91. The fourth-order valence-corrected chi connectivity index (χ4v) is 2.98. The van der Waals surface area contributed by atoms with Gasteiger partial charge >= 0.3 is 0 Å². The van der Waals surface area contributed by atoms with Gasteiger partial charge in [0.25, 0.3) is 5.91 Å². The van der Waals surface area contributed by atoms with E-state index >= 15 is 0 Å². The maximum atomic E-state index is 12.6. The van der Waals surface area contributed by atoms with Gasteiger partial charge in [-0.15, -0.1) is 0 Å². The van der Waals surface area contributed by atoms with E-state index in [4.69, 9.17) is 0 Å². The SMILES string of the molecule is CCN(c1ccccc1)c1ccc(C(=O)Nc2cc(C)ccc2C)cc1. The molecule has 0 atom stereocenters. The monoisotopic (exact) mass is 344 g/mol. The Kier molecular flexibility index (Phi) is 5.37. The Bertz CT molecular complexity index is 886. The predicted octanol–water partition coefficient (Wildman–Crippen LogP) is 5.71. The molecule has 0 aliphatic rings. The van der Waals surface area contributed by atoms with Crippen LogP contribution in [0.4, 0.5) is 17.1 Å². The quantitative estimate of drug-likeness (QED) is 0.642. The molecule has 0 radical (unpaired) electrons. The first-order chi connectivity index (χ1) is 12.6. The first-order valence-electron chi connectivity index (χ1n) is 8.89. The van der Waals surface area contributed by atoms with Crippen LogP contribution in [-0.2, 0) is 0 Å². The van der Waals surface area contributed by atoms with Gasteiger partial charge in [0.15, 0.2) is 0 Å². The summed E-state index contributed by atoms with van der Waals surface area (Å²) in [4.78, 5) is 14.8. The van der Waals surface area contributed by atoms with Gasteiger partial charge in [0.05, 0.1) is 0 Å². The molecule has 3 aromatic carbocycles. The highest BCUT2D eigenvalue weighted by Crippen LogP contribution is 2.25. The highest BCUT2D eigenvalue weighted by atomic mass is 16.1. The predicted molar refractivity (Wildman–Crippen MR) is 109 cm³/mol. The molecular formula is C23H24N2O. The summed E-state index contributed by atoms with van der Waals surface area (Å²) in [5.74, 6) is -0.0898. The Labute approximate surface area is 155 Å². The zero-order chi connectivity index (χ0) is 18.5. The smallest absolute Gasteiger partial charge is 0.255 e. The van der Waals surface area contributed by atoms with E-state index < -0.39 is 0 Å². The summed E-state index contributed by atoms with van der Waals surface area (Å²) in [6, 6.07) is 24.1. The van der Waals surface area contributed by atoms with Gasteiger partial charge in [-0.2, -0.15) is 0 Å². The van der Waals surface area contributed by atoms with Crippen LogP contribution in [0.15, 0.2) is 72.8 Å². The topological polar surface area (TPSA) is 32.3 Å². The number of benzene rings is 3. The zero-order valence-corrected chi connectivity index (χ0v) is 15.5. The molecule has 0 spiro atoms. The molecule has 3 nitrogen and oxygen atoms in total. The lowest BCUT2D eigenvalue weighted by Gasteiger charge is -2.23. The molecule has 0 fully saturated rings.